The third-order valence-electron chi connectivity index (χ3n) is 3.84. The van der Waals surface area contributed by atoms with Gasteiger partial charge in [0.1, 0.15) is 0 Å². The molecule has 1 N–H and O–H groups in total. The molecule has 0 bridgehead atoms. The lowest BCUT2D eigenvalue weighted by Gasteiger charge is -2.24. The van der Waals surface area contributed by atoms with Gasteiger partial charge in [0.25, 0.3) is 0 Å². The van der Waals surface area contributed by atoms with Crippen molar-refractivity contribution in [1.29, 1.82) is 0 Å². The predicted molar refractivity (Wildman–Crippen MR) is 92.2 cm³/mol. The third-order valence-corrected chi connectivity index (χ3v) is 4.25. The molecule has 0 saturated carbocycles. The van der Waals surface area contributed by atoms with Crippen LogP contribution in [0, 0.1) is 6.92 Å². The second-order valence-electron chi connectivity index (χ2n) is 5.48. The van der Waals surface area contributed by atoms with E-state index in [0.29, 0.717) is 5.02 Å². The molecule has 0 aliphatic heterocycles. The van der Waals surface area contributed by atoms with Crippen molar-refractivity contribution in [3.8, 4) is 0 Å². The van der Waals surface area contributed by atoms with Crippen molar-refractivity contribution in [2.75, 3.05) is 12.4 Å². The molecule has 116 valence electrons. The molecular formula is C18H21ClN2O. The van der Waals surface area contributed by atoms with Crippen molar-refractivity contribution in [2.24, 2.45) is 0 Å². The van der Waals surface area contributed by atoms with Crippen molar-refractivity contribution in [2.45, 2.75) is 26.4 Å². The van der Waals surface area contributed by atoms with E-state index in [1.165, 1.54) is 5.56 Å². The summed E-state index contributed by atoms with van der Waals surface area (Å²) in [6.45, 7) is 4.53. The number of anilines is 1. The van der Waals surface area contributed by atoms with E-state index in [0.717, 1.165) is 17.8 Å². The minimum absolute atomic E-state index is 0.0382. The summed E-state index contributed by atoms with van der Waals surface area (Å²) in [6, 6.07) is 15.4. The number of likely N-dealkylation sites (N-methyl/N-ethyl adjacent to an activating group) is 1. The van der Waals surface area contributed by atoms with Gasteiger partial charge in [-0.2, -0.15) is 0 Å². The molecule has 0 aromatic heterocycles. The molecule has 2 aromatic rings. The summed E-state index contributed by atoms with van der Waals surface area (Å²) < 4.78 is 0. The molecule has 2 rings (SSSR count). The number of benzene rings is 2. The fraction of sp³-hybridized carbons (Fsp3) is 0.278. The lowest BCUT2D eigenvalue weighted by molar-refractivity contribution is -0.120. The Balaban J connectivity index is 2.01. The number of rotatable bonds is 5. The molecule has 0 fully saturated rings. The average molecular weight is 317 g/mol. The first kappa shape index (κ1) is 16.5. The summed E-state index contributed by atoms with van der Waals surface area (Å²) >= 11 is 6.09. The standard InChI is InChI=1S/C18H21ClN2O/c1-13-16(19)10-7-11-17(13)20-18(22)14(2)21(3)12-15-8-5-4-6-9-15/h4-11,14H,12H2,1-3H3,(H,20,22)/t14-/m1/s1. The van der Waals surface area contributed by atoms with E-state index < -0.39 is 0 Å². The first-order valence-electron chi connectivity index (χ1n) is 7.29. The van der Waals surface area contributed by atoms with Crippen LogP contribution in [0.1, 0.15) is 18.1 Å². The van der Waals surface area contributed by atoms with E-state index in [-0.39, 0.29) is 11.9 Å². The first-order valence-corrected chi connectivity index (χ1v) is 7.67. The maximum Gasteiger partial charge on any atom is 0.241 e. The third kappa shape index (κ3) is 4.09. The number of nitrogens with one attached hydrogen (secondary N) is 1. The highest BCUT2D eigenvalue weighted by atomic mass is 35.5. The zero-order valence-electron chi connectivity index (χ0n) is 13.1. The normalized spacial score (nSPS) is 12.2. The average Bonchev–Trinajstić information content (AvgIpc) is 2.52. The lowest BCUT2D eigenvalue weighted by Crippen LogP contribution is -2.39. The molecule has 4 heteroatoms. The summed E-state index contributed by atoms with van der Waals surface area (Å²) in [5, 5.41) is 3.61. The number of nitrogens with zero attached hydrogens (tertiary/aromatic N) is 1. The number of hydrogen-bond donors (Lipinski definition) is 1. The Morgan fingerprint density at radius 2 is 1.86 bits per heavy atom. The topological polar surface area (TPSA) is 32.3 Å². The molecule has 0 heterocycles. The van der Waals surface area contributed by atoms with Crippen LogP contribution in [0.25, 0.3) is 0 Å². The molecule has 1 amide bonds. The number of carbonyl (C=O) groups is 1. The van der Waals surface area contributed by atoms with E-state index in [4.69, 9.17) is 11.6 Å². The van der Waals surface area contributed by atoms with E-state index in [1.807, 2.05) is 62.2 Å². The largest absolute Gasteiger partial charge is 0.324 e. The Morgan fingerprint density at radius 3 is 2.55 bits per heavy atom. The van der Waals surface area contributed by atoms with Gasteiger partial charge in [0.05, 0.1) is 6.04 Å². The Morgan fingerprint density at radius 1 is 1.18 bits per heavy atom. The Bertz CT molecular complexity index is 643. The molecule has 3 nitrogen and oxygen atoms in total. The van der Waals surface area contributed by atoms with Gasteiger partial charge < -0.3 is 5.32 Å². The zero-order chi connectivity index (χ0) is 16.1. The molecule has 0 saturated heterocycles. The van der Waals surface area contributed by atoms with Gasteiger partial charge in [-0.05, 0) is 44.2 Å². The lowest BCUT2D eigenvalue weighted by atomic mass is 10.1. The minimum atomic E-state index is -0.237. The molecular weight excluding hydrogens is 296 g/mol. The number of amides is 1. The van der Waals surface area contributed by atoms with Crippen LogP contribution in [0.15, 0.2) is 48.5 Å². The number of hydrogen-bond acceptors (Lipinski definition) is 2. The molecule has 0 radical (unpaired) electrons. The second-order valence-corrected chi connectivity index (χ2v) is 5.89. The van der Waals surface area contributed by atoms with Crippen molar-refractivity contribution in [1.82, 2.24) is 4.90 Å². The fourth-order valence-corrected chi connectivity index (χ4v) is 2.36. The van der Waals surface area contributed by atoms with Gasteiger partial charge in [-0.1, -0.05) is 48.0 Å². The summed E-state index contributed by atoms with van der Waals surface area (Å²) in [6.07, 6.45) is 0. The molecule has 0 unspecified atom stereocenters. The maximum atomic E-state index is 12.4. The number of carbonyl (C=O) groups excluding carboxylic acids is 1. The highest BCUT2D eigenvalue weighted by Gasteiger charge is 2.19. The molecule has 0 aliphatic carbocycles. The van der Waals surface area contributed by atoms with Crippen LogP contribution in [-0.4, -0.2) is 23.9 Å². The van der Waals surface area contributed by atoms with Crippen molar-refractivity contribution < 1.29 is 4.79 Å². The summed E-state index contributed by atoms with van der Waals surface area (Å²) in [4.78, 5) is 14.4. The van der Waals surface area contributed by atoms with Crippen molar-refractivity contribution in [3.05, 3.63) is 64.7 Å². The predicted octanol–water partition coefficient (Wildman–Crippen LogP) is 4.11. The zero-order valence-corrected chi connectivity index (χ0v) is 13.9. The quantitative estimate of drug-likeness (QED) is 0.900. The summed E-state index contributed by atoms with van der Waals surface area (Å²) in [5.41, 5.74) is 2.83. The molecule has 1 atom stereocenters. The van der Waals surface area contributed by atoms with E-state index in [2.05, 4.69) is 17.4 Å². The van der Waals surface area contributed by atoms with Crippen LogP contribution in [0.2, 0.25) is 5.02 Å². The Labute approximate surface area is 136 Å². The van der Waals surface area contributed by atoms with Crippen LogP contribution in [0.5, 0.6) is 0 Å². The highest BCUT2D eigenvalue weighted by Crippen LogP contribution is 2.23. The van der Waals surface area contributed by atoms with Crippen molar-refractivity contribution in [3.63, 3.8) is 0 Å². The van der Waals surface area contributed by atoms with Gasteiger partial charge in [-0.25, -0.2) is 0 Å². The second kappa shape index (κ2) is 7.43. The Hall–Kier alpha value is -1.84. The van der Waals surface area contributed by atoms with Gasteiger partial charge in [0.15, 0.2) is 0 Å². The summed E-state index contributed by atoms with van der Waals surface area (Å²) in [7, 11) is 1.95. The van der Waals surface area contributed by atoms with E-state index >= 15 is 0 Å². The molecule has 2 aromatic carbocycles. The van der Waals surface area contributed by atoms with Crippen LogP contribution < -0.4 is 5.32 Å². The van der Waals surface area contributed by atoms with Crippen LogP contribution in [0.4, 0.5) is 5.69 Å². The van der Waals surface area contributed by atoms with Crippen LogP contribution >= 0.6 is 11.6 Å². The minimum Gasteiger partial charge on any atom is -0.324 e. The van der Waals surface area contributed by atoms with E-state index in [9.17, 15) is 4.79 Å². The Kier molecular flexibility index (Phi) is 5.58. The smallest absolute Gasteiger partial charge is 0.241 e. The SMILES string of the molecule is Cc1c(Cl)cccc1NC(=O)[C@@H](C)N(C)Cc1ccccc1. The molecule has 22 heavy (non-hydrogen) atoms. The van der Waals surface area contributed by atoms with Gasteiger partial charge in [0.2, 0.25) is 5.91 Å². The molecule has 0 aliphatic rings. The highest BCUT2D eigenvalue weighted by molar-refractivity contribution is 6.31. The monoisotopic (exact) mass is 316 g/mol. The van der Waals surface area contributed by atoms with Crippen LogP contribution in [-0.2, 0) is 11.3 Å². The van der Waals surface area contributed by atoms with Crippen molar-refractivity contribution >= 4 is 23.2 Å². The maximum absolute atomic E-state index is 12.4. The van der Waals surface area contributed by atoms with E-state index in [1.54, 1.807) is 0 Å². The fourth-order valence-electron chi connectivity index (χ4n) is 2.19. The van der Waals surface area contributed by atoms with Gasteiger partial charge in [-0.15, -0.1) is 0 Å². The van der Waals surface area contributed by atoms with Crippen LogP contribution in [0.3, 0.4) is 0 Å². The van der Waals surface area contributed by atoms with Gasteiger partial charge >= 0.3 is 0 Å². The summed E-state index contributed by atoms with van der Waals surface area (Å²) in [5.74, 6) is -0.0382. The molecule has 0 spiro atoms. The number of halogens is 1. The van der Waals surface area contributed by atoms with Gasteiger partial charge in [-0.3, -0.25) is 9.69 Å². The van der Waals surface area contributed by atoms with Gasteiger partial charge in [0, 0.05) is 17.3 Å². The first-order chi connectivity index (χ1) is 10.5.